The Labute approximate surface area is 126 Å². The van der Waals surface area contributed by atoms with Gasteiger partial charge in [-0.3, -0.25) is 4.90 Å². The third kappa shape index (κ3) is 3.76. The molecule has 1 aromatic carbocycles. The molecule has 1 saturated carbocycles. The van der Waals surface area contributed by atoms with Gasteiger partial charge >= 0.3 is 0 Å². The minimum atomic E-state index is -0.231. The van der Waals surface area contributed by atoms with Crippen LogP contribution < -0.4 is 5.73 Å². The van der Waals surface area contributed by atoms with E-state index in [1.165, 1.54) is 31.7 Å². The molecule has 1 aromatic rings. The van der Waals surface area contributed by atoms with Crippen molar-refractivity contribution in [2.45, 2.75) is 45.2 Å². The summed E-state index contributed by atoms with van der Waals surface area (Å²) < 4.78 is 13.5. The first-order valence-corrected chi connectivity index (χ1v) is 7.66. The van der Waals surface area contributed by atoms with Gasteiger partial charge in [0.15, 0.2) is 0 Å². The number of nitrogens with zero attached hydrogens (tertiary/aromatic N) is 1. The van der Waals surface area contributed by atoms with Crippen LogP contribution in [0.5, 0.6) is 0 Å². The number of benzene rings is 1. The van der Waals surface area contributed by atoms with Crippen LogP contribution in [0.2, 0.25) is 0 Å². The Kier molecular flexibility index (Phi) is 5.11. The molecule has 2 nitrogen and oxygen atoms in total. The number of thiocarbonyl (C=S) groups is 1. The van der Waals surface area contributed by atoms with Crippen molar-refractivity contribution in [2.24, 2.45) is 11.7 Å². The number of hydrogen-bond donors (Lipinski definition) is 1. The molecule has 0 saturated heterocycles. The van der Waals surface area contributed by atoms with E-state index in [1.54, 1.807) is 12.1 Å². The minimum Gasteiger partial charge on any atom is -0.389 e. The van der Waals surface area contributed by atoms with E-state index in [1.807, 2.05) is 0 Å². The summed E-state index contributed by atoms with van der Waals surface area (Å²) in [6.45, 7) is 3.01. The van der Waals surface area contributed by atoms with Crippen LogP contribution in [0.3, 0.4) is 0 Å². The van der Waals surface area contributed by atoms with Gasteiger partial charge in [0.25, 0.3) is 0 Å². The van der Waals surface area contributed by atoms with Crippen LogP contribution in [0.1, 0.15) is 43.7 Å². The molecule has 0 aliphatic heterocycles. The highest BCUT2D eigenvalue weighted by molar-refractivity contribution is 7.80. The van der Waals surface area contributed by atoms with Crippen LogP contribution in [0, 0.1) is 11.7 Å². The second-order valence-electron chi connectivity index (χ2n) is 5.99. The molecule has 0 amide bonds. The standard InChI is InChI=1S/C16H23FN2S/c1-11-3-6-14(7-4-11)19(2)10-12-9-13(17)5-8-15(12)16(18)20/h5,8-9,11,14H,3-4,6-7,10H2,1-2H3,(H2,18,20). The van der Waals surface area contributed by atoms with Crippen LogP contribution in [0.25, 0.3) is 0 Å². The van der Waals surface area contributed by atoms with E-state index in [4.69, 9.17) is 18.0 Å². The van der Waals surface area contributed by atoms with Crippen molar-refractivity contribution in [2.75, 3.05) is 7.05 Å². The molecule has 0 aromatic heterocycles. The zero-order valence-corrected chi connectivity index (χ0v) is 13.0. The Hall–Kier alpha value is -1.00. The molecule has 0 radical (unpaired) electrons. The lowest BCUT2D eigenvalue weighted by atomic mass is 9.86. The van der Waals surface area contributed by atoms with E-state index in [-0.39, 0.29) is 5.82 Å². The Morgan fingerprint density at radius 1 is 1.35 bits per heavy atom. The number of hydrogen-bond acceptors (Lipinski definition) is 2. The molecule has 20 heavy (non-hydrogen) atoms. The van der Waals surface area contributed by atoms with Crippen molar-refractivity contribution in [3.05, 3.63) is 35.1 Å². The van der Waals surface area contributed by atoms with E-state index >= 15 is 0 Å². The van der Waals surface area contributed by atoms with Crippen molar-refractivity contribution < 1.29 is 4.39 Å². The number of rotatable bonds is 4. The summed E-state index contributed by atoms with van der Waals surface area (Å²) in [5.41, 5.74) is 7.40. The predicted molar refractivity (Wildman–Crippen MR) is 85.2 cm³/mol. The molecule has 1 fully saturated rings. The monoisotopic (exact) mass is 294 g/mol. The Bertz CT molecular complexity index is 481. The molecule has 0 spiro atoms. The molecular weight excluding hydrogens is 271 g/mol. The average Bonchev–Trinajstić information content (AvgIpc) is 2.39. The van der Waals surface area contributed by atoms with Crippen LogP contribution in [-0.4, -0.2) is 23.0 Å². The maximum absolute atomic E-state index is 13.5. The van der Waals surface area contributed by atoms with Gasteiger partial charge in [0.1, 0.15) is 10.8 Å². The Balaban J connectivity index is 2.09. The summed E-state index contributed by atoms with van der Waals surface area (Å²) >= 11 is 5.05. The fraction of sp³-hybridized carbons (Fsp3) is 0.562. The van der Waals surface area contributed by atoms with Crippen molar-refractivity contribution in [3.8, 4) is 0 Å². The molecule has 0 unspecified atom stereocenters. The Morgan fingerprint density at radius 2 is 2.00 bits per heavy atom. The molecule has 4 heteroatoms. The van der Waals surface area contributed by atoms with Crippen molar-refractivity contribution in [1.29, 1.82) is 0 Å². The quantitative estimate of drug-likeness (QED) is 0.862. The number of nitrogens with two attached hydrogens (primary N) is 1. The van der Waals surface area contributed by atoms with Gasteiger partial charge in [-0.15, -0.1) is 0 Å². The van der Waals surface area contributed by atoms with Gasteiger partial charge in [0.2, 0.25) is 0 Å². The predicted octanol–water partition coefficient (Wildman–Crippen LogP) is 3.47. The maximum atomic E-state index is 13.5. The summed E-state index contributed by atoms with van der Waals surface area (Å²) in [4.78, 5) is 2.65. The highest BCUT2D eigenvalue weighted by atomic mass is 32.1. The van der Waals surface area contributed by atoms with Crippen molar-refractivity contribution >= 4 is 17.2 Å². The summed E-state index contributed by atoms with van der Waals surface area (Å²) in [7, 11) is 2.11. The van der Waals surface area contributed by atoms with Crippen LogP contribution in [0.4, 0.5) is 4.39 Å². The summed E-state index contributed by atoms with van der Waals surface area (Å²) in [5, 5.41) is 0. The first kappa shape index (κ1) is 15.4. The normalized spacial score (nSPS) is 23.0. The average molecular weight is 294 g/mol. The molecule has 1 aliphatic carbocycles. The van der Waals surface area contributed by atoms with Gasteiger partial charge in [-0.2, -0.15) is 0 Å². The van der Waals surface area contributed by atoms with E-state index in [0.29, 0.717) is 17.6 Å². The SMILES string of the molecule is CC1CCC(N(C)Cc2cc(F)ccc2C(N)=S)CC1. The highest BCUT2D eigenvalue weighted by Gasteiger charge is 2.22. The maximum Gasteiger partial charge on any atom is 0.123 e. The van der Waals surface area contributed by atoms with Crippen LogP contribution >= 0.6 is 12.2 Å². The van der Waals surface area contributed by atoms with Gasteiger partial charge in [0, 0.05) is 18.2 Å². The summed E-state index contributed by atoms with van der Waals surface area (Å²) in [6, 6.07) is 5.23. The number of halogens is 1. The summed E-state index contributed by atoms with van der Waals surface area (Å²) in [5.74, 6) is 0.603. The van der Waals surface area contributed by atoms with E-state index in [0.717, 1.165) is 17.0 Å². The lowest BCUT2D eigenvalue weighted by Crippen LogP contribution is -2.35. The van der Waals surface area contributed by atoms with Crippen molar-refractivity contribution in [3.63, 3.8) is 0 Å². The second kappa shape index (κ2) is 6.64. The lowest BCUT2D eigenvalue weighted by molar-refractivity contribution is 0.163. The van der Waals surface area contributed by atoms with E-state index in [9.17, 15) is 4.39 Å². The van der Waals surface area contributed by atoms with Gasteiger partial charge in [-0.1, -0.05) is 19.1 Å². The molecule has 2 rings (SSSR count). The third-order valence-corrected chi connectivity index (χ3v) is 4.58. The Morgan fingerprint density at radius 3 is 2.60 bits per heavy atom. The molecule has 110 valence electrons. The molecule has 1 aliphatic rings. The van der Waals surface area contributed by atoms with Crippen LogP contribution in [-0.2, 0) is 6.54 Å². The topological polar surface area (TPSA) is 29.3 Å². The largest absolute Gasteiger partial charge is 0.389 e. The minimum absolute atomic E-state index is 0.231. The summed E-state index contributed by atoms with van der Waals surface area (Å²) in [6.07, 6.45) is 4.99. The highest BCUT2D eigenvalue weighted by Crippen LogP contribution is 2.27. The second-order valence-corrected chi connectivity index (χ2v) is 6.43. The third-order valence-electron chi connectivity index (χ3n) is 4.36. The molecule has 2 N–H and O–H groups in total. The zero-order valence-electron chi connectivity index (χ0n) is 12.2. The first-order chi connectivity index (χ1) is 9.47. The van der Waals surface area contributed by atoms with Gasteiger partial charge in [0.05, 0.1) is 0 Å². The first-order valence-electron chi connectivity index (χ1n) is 7.26. The lowest BCUT2D eigenvalue weighted by Gasteiger charge is -2.34. The van der Waals surface area contributed by atoms with Gasteiger partial charge in [-0.05, 0) is 62.4 Å². The van der Waals surface area contributed by atoms with E-state index in [2.05, 4.69) is 18.9 Å². The smallest absolute Gasteiger partial charge is 0.123 e. The molecule has 0 heterocycles. The van der Waals surface area contributed by atoms with Gasteiger partial charge < -0.3 is 5.73 Å². The zero-order chi connectivity index (χ0) is 14.7. The van der Waals surface area contributed by atoms with Crippen molar-refractivity contribution in [1.82, 2.24) is 4.90 Å². The molecular formula is C16H23FN2S. The van der Waals surface area contributed by atoms with E-state index < -0.39 is 0 Å². The van der Waals surface area contributed by atoms with Gasteiger partial charge in [-0.25, -0.2) is 4.39 Å². The fourth-order valence-corrected chi connectivity index (χ4v) is 3.21. The van der Waals surface area contributed by atoms with Crippen LogP contribution in [0.15, 0.2) is 18.2 Å². The molecule has 0 atom stereocenters. The molecule has 0 bridgehead atoms. The fourth-order valence-electron chi connectivity index (χ4n) is 3.01.